The largest absolute Gasteiger partial charge is 0.294 e. The fourth-order valence-electron chi connectivity index (χ4n) is 3.71. The third kappa shape index (κ3) is 3.97. The summed E-state index contributed by atoms with van der Waals surface area (Å²) in [5, 5.41) is 2.07. The van der Waals surface area contributed by atoms with Crippen molar-refractivity contribution in [1.82, 2.24) is 19.9 Å². The molecule has 1 aliphatic rings. The highest BCUT2D eigenvalue weighted by Crippen LogP contribution is 2.25. The molecule has 0 unspecified atom stereocenters. The van der Waals surface area contributed by atoms with E-state index in [1.807, 2.05) is 18.5 Å². The van der Waals surface area contributed by atoms with E-state index in [9.17, 15) is 0 Å². The molecule has 29 heavy (non-hydrogen) atoms. The van der Waals surface area contributed by atoms with Gasteiger partial charge in [-0.15, -0.1) is 11.3 Å². The van der Waals surface area contributed by atoms with Crippen LogP contribution in [-0.4, -0.2) is 26.4 Å². The molecule has 0 saturated carbocycles. The molecule has 0 saturated heterocycles. The van der Waals surface area contributed by atoms with Gasteiger partial charge in [-0.25, -0.2) is 9.97 Å². The lowest BCUT2D eigenvalue weighted by molar-refractivity contribution is 0.242. The van der Waals surface area contributed by atoms with Crippen LogP contribution in [0.2, 0.25) is 0 Å². The van der Waals surface area contributed by atoms with Crippen molar-refractivity contribution in [3.63, 3.8) is 0 Å². The van der Waals surface area contributed by atoms with Gasteiger partial charge in [-0.1, -0.05) is 42.0 Å². The van der Waals surface area contributed by atoms with Crippen LogP contribution in [0, 0.1) is 6.92 Å². The number of hydrogen-bond acceptors (Lipinski definition) is 5. The molecule has 0 aliphatic carbocycles. The van der Waals surface area contributed by atoms with Crippen molar-refractivity contribution in [1.29, 1.82) is 0 Å². The van der Waals surface area contributed by atoms with Crippen molar-refractivity contribution in [3.8, 4) is 22.0 Å². The van der Waals surface area contributed by atoms with Crippen LogP contribution in [0.25, 0.3) is 22.0 Å². The van der Waals surface area contributed by atoms with Crippen molar-refractivity contribution in [2.24, 2.45) is 0 Å². The Hall–Kier alpha value is -2.89. The normalized spacial score (nSPS) is 14.0. The molecule has 0 amide bonds. The molecule has 0 bridgehead atoms. The van der Waals surface area contributed by atoms with Crippen LogP contribution in [0.1, 0.15) is 22.4 Å². The van der Waals surface area contributed by atoms with Gasteiger partial charge in [0.05, 0.1) is 16.3 Å². The van der Waals surface area contributed by atoms with Crippen LogP contribution in [-0.2, 0) is 19.5 Å². The summed E-state index contributed by atoms with van der Waals surface area (Å²) >= 11 is 1.69. The highest BCUT2D eigenvalue weighted by atomic mass is 32.1. The number of rotatable bonds is 4. The number of pyridine rings is 1. The second kappa shape index (κ2) is 7.85. The third-order valence-corrected chi connectivity index (χ3v) is 6.20. The van der Waals surface area contributed by atoms with Gasteiger partial charge in [0, 0.05) is 49.6 Å². The van der Waals surface area contributed by atoms with E-state index in [-0.39, 0.29) is 0 Å². The molecule has 0 fully saturated rings. The second-order valence-corrected chi connectivity index (χ2v) is 8.47. The van der Waals surface area contributed by atoms with Crippen LogP contribution in [0.4, 0.5) is 0 Å². The Bertz CT molecular complexity index is 1100. The first kappa shape index (κ1) is 18.2. The maximum atomic E-state index is 4.81. The van der Waals surface area contributed by atoms with Crippen LogP contribution in [0.5, 0.6) is 0 Å². The summed E-state index contributed by atoms with van der Waals surface area (Å²) < 4.78 is 0. The fourth-order valence-corrected chi connectivity index (χ4v) is 4.37. The molecular formula is C24H22N4S. The topological polar surface area (TPSA) is 41.9 Å². The van der Waals surface area contributed by atoms with Crippen molar-refractivity contribution in [2.45, 2.75) is 26.4 Å². The Kier molecular flexibility index (Phi) is 4.92. The number of benzene rings is 1. The number of thiophene rings is 1. The third-order valence-electron chi connectivity index (χ3n) is 5.33. The minimum absolute atomic E-state index is 0.850. The first-order chi connectivity index (χ1) is 14.2. The molecule has 3 aromatic heterocycles. The summed E-state index contributed by atoms with van der Waals surface area (Å²) in [6.07, 6.45) is 4.97. The Labute approximate surface area is 174 Å². The van der Waals surface area contributed by atoms with Gasteiger partial charge in [0.25, 0.3) is 0 Å². The van der Waals surface area contributed by atoms with E-state index in [4.69, 9.17) is 4.98 Å². The molecule has 0 spiro atoms. The summed E-state index contributed by atoms with van der Waals surface area (Å²) in [7, 11) is 0. The minimum Gasteiger partial charge on any atom is -0.294 e. The zero-order chi connectivity index (χ0) is 19.6. The summed E-state index contributed by atoms with van der Waals surface area (Å²) in [4.78, 5) is 17.7. The molecule has 144 valence electrons. The highest BCUT2D eigenvalue weighted by Gasteiger charge is 2.19. The SMILES string of the molecule is Cc1ccc(-c2ccc(CN3CCc4nc(-c5cccs5)ncc4C3)cn2)cc1. The van der Waals surface area contributed by atoms with Crippen molar-refractivity contribution in [3.05, 3.63) is 88.7 Å². The molecule has 5 heteroatoms. The van der Waals surface area contributed by atoms with Crippen molar-refractivity contribution in [2.75, 3.05) is 6.54 Å². The van der Waals surface area contributed by atoms with Crippen molar-refractivity contribution >= 4 is 11.3 Å². The van der Waals surface area contributed by atoms with Gasteiger partial charge >= 0.3 is 0 Å². The molecule has 1 aromatic carbocycles. The highest BCUT2D eigenvalue weighted by molar-refractivity contribution is 7.13. The van der Waals surface area contributed by atoms with Gasteiger partial charge in [0.1, 0.15) is 0 Å². The summed E-state index contributed by atoms with van der Waals surface area (Å²) in [6, 6.07) is 16.9. The van der Waals surface area contributed by atoms with Crippen molar-refractivity contribution < 1.29 is 0 Å². The first-order valence-corrected chi connectivity index (χ1v) is 10.8. The number of hydrogen-bond donors (Lipinski definition) is 0. The number of fused-ring (bicyclic) bond motifs is 1. The number of nitrogens with zero attached hydrogens (tertiary/aromatic N) is 4. The van der Waals surface area contributed by atoms with Crippen LogP contribution in [0.3, 0.4) is 0 Å². The lowest BCUT2D eigenvalue weighted by atomic mass is 10.1. The van der Waals surface area contributed by atoms with Crippen LogP contribution < -0.4 is 0 Å². The van der Waals surface area contributed by atoms with E-state index in [1.54, 1.807) is 11.3 Å². The van der Waals surface area contributed by atoms with E-state index in [2.05, 4.69) is 69.6 Å². The Morgan fingerprint density at radius 2 is 1.90 bits per heavy atom. The average molecular weight is 399 g/mol. The molecule has 5 rings (SSSR count). The molecule has 1 aliphatic heterocycles. The molecule has 4 heterocycles. The van der Waals surface area contributed by atoms with E-state index < -0.39 is 0 Å². The van der Waals surface area contributed by atoms with E-state index in [0.717, 1.165) is 48.0 Å². The molecule has 0 atom stereocenters. The molecular weight excluding hydrogens is 376 g/mol. The van der Waals surface area contributed by atoms with E-state index in [0.29, 0.717) is 0 Å². The fraction of sp³-hybridized carbons (Fsp3) is 0.208. The maximum Gasteiger partial charge on any atom is 0.169 e. The number of aromatic nitrogens is 3. The van der Waals surface area contributed by atoms with Gasteiger partial charge in [-0.2, -0.15) is 0 Å². The molecule has 0 N–H and O–H groups in total. The van der Waals surface area contributed by atoms with Gasteiger partial charge in [0.2, 0.25) is 0 Å². The molecule has 4 aromatic rings. The lowest BCUT2D eigenvalue weighted by Crippen LogP contribution is -2.31. The predicted molar refractivity (Wildman–Crippen MR) is 118 cm³/mol. The predicted octanol–water partition coefficient (Wildman–Crippen LogP) is 5.13. The smallest absolute Gasteiger partial charge is 0.169 e. The van der Waals surface area contributed by atoms with Gasteiger partial charge < -0.3 is 0 Å². The Morgan fingerprint density at radius 1 is 1.00 bits per heavy atom. The van der Waals surface area contributed by atoms with Gasteiger partial charge in [-0.3, -0.25) is 9.88 Å². The quantitative estimate of drug-likeness (QED) is 0.478. The lowest BCUT2D eigenvalue weighted by Gasteiger charge is -2.28. The minimum atomic E-state index is 0.850. The standard InChI is InChI=1S/C24H22N4S/c1-17-4-7-19(8-5-17)21-9-6-18(13-25-21)15-28-11-10-22-20(16-28)14-26-24(27-22)23-3-2-12-29-23/h2-9,12-14H,10-11,15-16H2,1H3. The zero-order valence-electron chi connectivity index (χ0n) is 16.4. The van der Waals surface area contributed by atoms with E-state index in [1.165, 1.54) is 22.4 Å². The van der Waals surface area contributed by atoms with Gasteiger partial charge in [0.15, 0.2) is 5.82 Å². The average Bonchev–Trinajstić information content (AvgIpc) is 3.30. The molecule has 0 radical (unpaired) electrons. The first-order valence-electron chi connectivity index (χ1n) is 9.87. The summed E-state index contributed by atoms with van der Waals surface area (Å²) in [5.74, 6) is 0.850. The summed E-state index contributed by atoms with van der Waals surface area (Å²) in [5.41, 5.74) is 7.11. The van der Waals surface area contributed by atoms with Gasteiger partial charge in [-0.05, 0) is 30.0 Å². The maximum absolute atomic E-state index is 4.81. The monoisotopic (exact) mass is 398 g/mol. The van der Waals surface area contributed by atoms with Crippen LogP contribution >= 0.6 is 11.3 Å². The Balaban J connectivity index is 1.27. The Morgan fingerprint density at radius 3 is 2.66 bits per heavy atom. The second-order valence-electron chi connectivity index (χ2n) is 7.52. The number of aryl methyl sites for hydroxylation is 1. The van der Waals surface area contributed by atoms with E-state index >= 15 is 0 Å². The zero-order valence-corrected chi connectivity index (χ0v) is 17.2. The molecule has 4 nitrogen and oxygen atoms in total. The summed E-state index contributed by atoms with van der Waals surface area (Å²) in [6.45, 7) is 4.89. The van der Waals surface area contributed by atoms with Crippen LogP contribution in [0.15, 0.2) is 66.3 Å².